The van der Waals surface area contributed by atoms with Gasteiger partial charge in [0.15, 0.2) is 9.84 Å². The first-order valence-electron chi connectivity index (χ1n) is 10.2. The van der Waals surface area contributed by atoms with Crippen molar-refractivity contribution in [3.05, 3.63) is 66.2 Å². The molecule has 2 amide bonds. The number of ether oxygens (including phenoxy) is 1. The van der Waals surface area contributed by atoms with E-state index in [1.165, 1.54) is 12.1 Å². The van der Waals surface area contributed by atoms with Gasteiger partial charge >= 0.3 is 6.09 Å². The molecule has 0 aliphatic carbocycles. The summed E-state index contributed by atoms with van der Waals surface area (Å²) in [5, 5.41) is 4.05. The van der Waals surface area contributed by atoms with Gasteiger partial charge in [-0.25, -0.2) is 13.2 Å². The molecule has 0 saturated carbocycles. The number of benzene rings is 2. The van der Waals surface area contributed by atoms with E-state index in [4.69, 9.17) is 4.74 Å². The standard InChI is InChI=1S/C23H30N2O5S/c1-5-20(31(28,29)18-14-10-7-11-15-18)25-21(26)19(16-17-12-8-6-9-13-17)24-22(27)30-23(2,3)4/h6-15,19-20H,5,16H2,1-4H3,(H,24,27)(H,25,26). The Morgan fingerprint density at radius 3 is 2.00 bits per heavy atom. The molecule has 0 aromatic heterocycles. The van der Waals surface area contributed by atoms with Gasteiger partial charge in [0, 0.05) is 6.42 Å². The first-order chi connectivity index (χ1) is 14.5. The zero-order valence-electron chi connectivity index (χ0n) is 18.3. The quantitative estimate of drug-likeness (QED) is 0.647. The molecule has 0 aliphatic heterocycles. The summed E-state index contributed by atoms with van der Waals surface area (Å²) in [6, 6.07) is 16.1. The number of carbonyl (C=O) groups excluding carboxylic acids is 2. The molecule has 0 saturated heterocycles. The number of sulfone groups is 1. The minimum atomic E-state index is -3.79. The lowest BCUT2D eigenvalue weighted by molar-refractivity contribution is -0.123. The maximum absolute atomic E-state index is 13.1. The Morgan fingerprint density at radius 2 is 1.48 bits per heavy atom. The lowest BCUT2D eigenvalue weighted by Gasteiger charge is -2.25. The molecule has 0 bridgehead atoms. The van der Waals surface area contributed by atoms with Gasteiger partial charge in [-0.15, -0.1) is 0 Å². The first-order valence-corrected chi connectivity index (χ1v) is 11.7. The Bertz CT molecular complexity index is 970. The fourth-order valence-corrected chi connectivity index (χ4v) is 4.52. The molecule has 7 nitrogen and oxygen atoms in total. The highest BCUT2D eigenvalue weighted by Gasteiger charge is 2.31. The van der Waals surface area contributed by atoms with Crippen molar-refractivity contribution in [1.82, 2.24) is 10.6 Å². The fraction of sp³-hybridized carbons (Fsp3) is 0.391. The summed E-state index contributed by atoms with van der Waals surface area (Å²) in [5.41, 5.74) is 0.0816. The molecule has 0 fully saturated rings. The Balaban J connectivity index is 2.23. The molecule has 2 aromatic rings. The molecular weight excluding hydrogens is 416 g/mol. The summed E-state index contributed by atoms with van der Waals surface area (Å²) < 4.78 is 31.2. The maximum atomic E-state index is 13.1. The van der Waals surface area contributed by atoms with E-state index in [2.05, 4.69) is 10.6 Å². The molecule has 2 atom stereocenters. The zero-order chi connectivity index (χ0) is 23.1. The summed E-state index contributed by atoms with van der Waals surface area (Å²) in [6.07, 6.45) is -0.385. The molecule has 0 spiro atoms. The Labute approximate surface area is 184 Å². The number of alkyl carbamates (subject to hydrolysis) is 1. The van der Waals surface area contributed by atoms with Crippen molar-refractivity contribution in [2.75, 3.05) is 0 Å². The van der Waals surface area contributed by atoms with Crippen LogP contribution in [0.25, 0.3) is 0 Å². The lowest BCUT2D eigenvalue weighted by Crippen LogP contribution is -2.53. The molecule has 8 heteroatoms. The van der Waals surface area contributed by atoms with E-state index in [0.29, 0.717) is 0 Å². The Hall–Kier alpha value is -2.87. The molecular formula is C23H30N2O5S. The molecule has 2 unspecified atom stereocenters. The predicted molar refractivity (Wildman–Crippen MR) is 119 cm³/mol. The zero-order valence-corrected chi connectivity index (χ0v) is 19.1. The smallest absolute Gasteiger partial charge is 0.408 e. The van der Waals surface area contributed by atoms with Crippen molar-refractivity contribution in [2.45, 2.75) is 62.4 Å². The van der Waals surface area contributed by atoms with E-state index in [1.807, 2.05) is 30.3 Å². The number of nitrogens with one attached hydrogen (secondary N) is 2. The van der Waals surface area contributed by atoms with Crippen molar-refractivity contribution >= 4 is 21.8 Å². The van der Waals surface area contributed by atoms with E-state index in [1.54, 1.807) is 45.9 Å². The normalized spacial score (nSPS) is 13.7. The second-order valence-corrected chi connectivity index (χ2v) is 10.3. The van der Waals surface area contributed by atoms with Gasteiger partial charge in [-0.2, -0.15) is 0 Å². The van der Waals surface area contributed by atoms with Crippen LogP contribution in [-0.2, 0) is 25.8 Å². The van der Waals surface area contributed by atoms with Crippen molar-refractivity contribution in [1.29, 1.82) is 0 Å². The van der Waals surface area contributed by atoms with Crippen LogP contribution in [0.4, 0.5) is 4.79 Å². The summed E-state index contributed by atoms with van der Waals surface area (Å²) in [4.78, 5) is 25.5. The number of hydrogen-bond donors (Lipinski definition) is 2. The summed E-state index contributed by atoms with van der Waals surface area (Å²) >= 11 is 0. The van der Waals surface area contributed by atoms with Gasteiger partial charge in [0.05, 0.1) is 4.90 Å². The summed E-state index contributed by atoms with van der Waals surface area (Å²) in [5.74, 6) is -0.596. The van der Waals surface area contributed by atoms with Crippen molar-refractivity contribution < 1.29 is 22.7 Å². The van der Waals surface area contributed by atoms with Crippen molar-refractivity contribution in [3.8, 4) is 0 Å². The third-order valence-electron chi connectivity index (χ3n) is 4.41. The van der Waals surface area contributed by atoms with Crippen LogP contribution >= 0.6 is 0 Å². The monoisotopic (exact) mass is 446 g/mol. The van der Waals surface area contributed by atoms with Crippen LogP contribution in [0.15, 0.2) is 65.6 Å². The average Bonchev–Trinajstić information content (AvgIpc) is 2.71. The van der Waals surface area contributed by atoms with Crippen LogP contribution in [-0.4, -0.2) is 37.4 Å². The van der Waals surface area contributed by atoms with Crippen LogP contribution in [0.1, 0.15) is 39.7 Å². The van der Waals surface area contributed by atoms with Gasteiger partial charge < -0.3 is 15.4 Å². The SMILES string of the molecule is CCC(NC(=O)C(Cc1ccccc1)NC(=O)OC(C)(C)C)S(=O)(=O)c1ccccc1. The molecule has 2 N–H and O–H groups in total. The number of hydrogen-bond acceptors (Lipinski definition) is 5. The molecule has 2 rings (SSSR count). The van der Waals surface area contributed by atoms with Crippen LogP contribution in [0, 0.1) is 0 Å². The molecule has 2 aromatic carbocycles. The number of carbonyl (C=O) groups is 2. The Morgan fingerprint density at radius 1 is 0.935 bits per heavy atom. The van der Waals surface area contributed by atoms with E-state index in [-0.39, 0.29) is 17.7 Å². The summed E-state index contributed by atoms with van der Waals surface area (Å²) in [6.45, 7) is 6.84. The highest BCUT2D eigenvalue weighted by molar-refractivity contribution is 7.92. The third-order valence-corrected chi connectivity index (χ3v) is 6.54. The number of rotatable bonds is 8. The van der Waals surface area contributed by atoms with Gasteiger partial charge in [0.1, 0.15) is 17.0 Å². The minimum Gasteiger partial charge on any atom is -0.444 e. The van der Waals surface area contributed by atoms with Gasteiger partial charge in [-0.1, -0.05) is 55.5 Å². The van der Waals surface area contributed by atoms with Crippen molar-refractivity contribution in [3.63, 3.8) is 0 Å². The fourth-order valence-electron chi connectivity index (χ4n) is 2.94. The van der Waals surface area contributed by atoms with E-state index < -0.39 is 38.9 Å². The lowest BCUT2D eigenvalue weighted by atomic mass is 10.1. The van der Waals surface area contributed by atoms with E-state index >= 15 is 0 Å². The first kappa shape index (κ1) is 24.4. The molecule has 168 valence electrons. The number of amides is 2. The maximum Gasteiger partial charge on any atom is 0.408 e. The molecule has 31 heavy (non-hydrogen) atoms. The Kier molecular flexibility index (Phi) is 8.21. The van der Waals surface area contributed by atoms with Crippen molar-refractivity contribution in [2.24, 2.45) is 0 Å². The second kappa shape index (κ2) is 10.4. The largest absolute Gasteiger partial charge is 0.444 e. The van der Waals surface area contributed by atoms with Crippen LogP contribution in [0.3, 0.4) is 0 Å². The van der Waals surface area contributed by atoms with Gasteiger partial charge in [-0.3, -0.25) is 4.79 Å². The molecule has 0 aliphatic rings. The van der Waals surface area contributed by atoms with Gasteiger partial charge in [0.25, 0.3) is 0 Å². The molecule has 0 radical (unpaired) electrons. The van der Waals surface area contributed by atoms with E-state index in [0.717, 1.165) is 5.56 Å². The summed E-state index contributed by atoms with van der Waals surface area (Å²) in [7, 11) is -3.79. The third kappa shape index (κ3) is 7.40. The second-order valence-electron chi connectivity index (χ2n) is 8.15. The van der Waals surface area contributed by atoms with Crippen LogP contribution in [0.5, 0.6) is 0 Å². The van der Waals surface area contributed by atoms with Crippen LogP contribution in [0.2, 0.25) is 0 Å². The topological polar surface area (TPSA) is 102 Å². The minimum absolute atomic E-state index is 0.127. The highest BCUT2D eigenvalue weighted by atomic mass is 32.2. The van der Waals surface area contributed by atoms with Crippen LogP contribution < -0.4 is 10.6 Å². The van der Waals surface area contributed by atoms with Gasteiger partial charge in [0.2, 0.25) is 5.91 Å². The van der Waals surface area contributed by atoms with Gasteiger partial charge in [-0.05, 0) is 44.9 Å². The highest BCUT2D eigenvalue weighted by Crippen LogP contribution is 2.17. The molecule has 0 heterocycles. The average molecular weight is 447 g/mol. The van der Waals surface area contributed by atoms with E-state index in [9.17, 15) is 18.0 Å². The predicted octanol–water partition coefficient (Wildman–Crippen LogP) is 3.45.